The molecule has 0 unspecified atom stereocenters. The van der Waals surface area contributed by atoms with Crippen molar-refractivity contribution in [1.82, 2.24) is 0 Å². The van der Waals surface area contributed by atoms with Gasteiger partial charge in [0.1, 0.15) is 0 Å². The van der Waals surface area contributed by atoms with Gasteiger partial charge in [0.15, 0.2) is 0 Å². The summed E-state index contributed by atoms with van der Waals surface area (Å²) < 4.78 is 24.0. The van der Waals surface area contributed by atoms with Crippen LogP contribution in [0.3, 0.4) is 0 Å². The molecule has 0 saturated carbocycles. The number of carbonyl (C=O) groups excluding carboxylic acids is 1. The van der Waals surface area contributed by atoms with Crippen molar-refractivity contribution in [1.29, 1.82) is 0 Å². The van der Waals surface area contributed by atoms with Gasteiger partial charge in [-0.15, -0.1) is 11.3 Å². The van der Waals surface area contributed by atoms with Crippen LogP contribution in [0.4, 0.5) is 8.78 Å². The van der Waals surface area contributed by atoms with Crippen LogP contribution in [0.15, 0.2) is 11.4 Å². The van der Waals surface area contributed by atoms with E-state index < -0.39 is 12.3 Å². The summed E-state index contributed by atoms with van der Waals surface area (Å²) >= 11 is 0.835. The van der Waals surface area contributed by atoms with Gasteiger partial charge >= 0.3 is 0 Å². The Morgan fingerprint density at radius 2 is 2.27 bits per heavy atom. The van der Waals surface area contributed by atoms with Crippen molar-refractivity contribution in [2.45, 2.75) is 6.43 Å². The molecule has 0 fully saturated rings. The zero-order chi connectivity index (χ0) is 8.43. The summed E-state index contributed by atoms with van der Waals surface area (Å²) in [6.07, 6.45) is -2.61. The first kappa shape index (κ1) is 8.13. The molecule has 1 rings (SSSR count). The lowest BCUT2D eigenvalue weighted by Crippen LogP contribution is -2.11. The third-order valence-corrected chi connectivity index (χ3v) is 2.08. The fraction of sp³-hybridized carbons (Fsp3) is 0.167. The molecule has 11 heavy (non-hydrogen) atoms. The van der Waals surface area contributed by atoms with Crippen molar-refractivity contribution >= 4 is 17.2 Å². The zero-order valence-electron chi connectivity index (χ0n) is 5.38. The molecule has 0 aliphatic carbocycles. The average Bonchev–Trinajstić information content (AvgIpc) is 2.32. The standard InChI is InChI=1S/C6H5F2NOS/c7-5(8)4-3(6(9)10)1-2-11-4/h1-2,5H,(H2,9,10). The Kier molecular flexibility index (Phi) is 2.19. The van der Waals surface area contributed by atoms with E-state index in [0.29, 0.717) is 0 Å². The van der Waals surface area contributed by atoms with E-state index in [2.05, 4.69) is 0 Å². The van der Waals surface area contributed by atoms with Crippen molar-refractivity contribution in [2.75, 3.05) is 0 Å². The molecule has 1 aromatic heterocycles. The minimum absolute atomic E-state index is 0.0787. The molecule has 1 aromatic rings. The molecule has 0 spiro atoms. The van der Waals surface area contributed by atoms with Crippen molar-refractivity contribution in [3.05, 3.63) is 21.9 Å². The van der Waals surface area contributed by atoms with Gasteiger partial charge in [-0.2, -0.15) is 0 Å². The van der Waals surface area contributed by atoms with Crippen molar-refractivity contribution in [3.63, 3.8) is 0 Å². The summed E-state index contributed by atoms with van der Waals surface area (Å²) in [5.41, 5.74) is 4.75. The Morgan fingerprint density at radius 1 is 1.64 bits per heavy atom. The molecule has 2 nitrogen and oxygen atoms in total. The lowest BCUT2D eigenvalue weighted by Gasteiger charge is -1.96. The van der Waals surface area contributed by atoms with E-state index in [1.54, 1.807) is 0 Å². The van der Waals surface area contributed by atoms with E-state index in [4.69, 9.17) is 5.73 Å². The molecule has 0 aliphatic heterocycles. The van der Waals surface area contributed by atoms with E-state index in [1.165, 1.54) is 11.4 Å². The van der Waals surface area contributed by atoms with Gasteiger partial charge in [-0.1, -0.05) is 0 Å². The van der Waals surface area contributed by atoms with Crippen LogP contribution >= 0.6 is 11.3 Å². The second-order valence-electron chi connectivity index (χ2n) is 1.86. The Bertz CT molecular complexity index is 271. The van der Waals surface area contributed by atoms with Gasteiger partial charge in [-0.05, 0) is 11.4 Å². The smallest absolute Gasteiger partial charge is 0.273 e. The summed E-state index contributed by atoms with van der Waals surface area (Å²) in [6.45, 7) is 0. The fourth-order valence-corrected chi connectivity index (χ4v) is 1.44. The normalized spacial score (nSPS) is 10.5. The van der Waals surface area contributed by atoms with E-state index in [-0.39, 0.29) is 10.4 Å². The van der Waals surface area contributed by atoms with Crippen molar-refractivity contribution in [3.8, 4) is 0 Å². The Balaban J connectivity index is 3.06. The molecule has 0 radical (unpaired) electrons. The monoisotopic (exact) mass is 177 g/mol. The van der Waals surface area contributed by atoms with Crippen LogP contribution in [-0.2, 0) is 0 Å². The fourth-order valence-electron chi connectivity index (χ4n) is 0.694. The largest absolute Gasteiger partial charge is 0.366 e. The van der Waals surface area contributed by atoms with E-state index >= 15 is 0 Å². The molecule has 0 aliphatic rings. The third kappa shape index (κ3) is 1.54. The van der Waals surface area contributed by atoms with Crippen LogP contribution in [0.1, 0.15) is 21.7 Å². The van der Waals surface area contributed by atoms with Gasteiger partial charge in [-0.25, -0.2) is 8.78 Å². The molecule has 0 bridgehead atoms. The van der Waals surface area contributed by atoms with Crippen LogP contribution in [-0.4, -0.2) is 5.91 Å². The minimum Gasteiger partial charge on any atom is -0.366 e. The number of carbonyl (C=O) groups is 1. The first-order valence-electron chi connectivity index (χ1n) is 2.78. The highest BCUT2D eigenvalue weighted by Gasteiger charge is 2.17. The van der Waals surface area contributed by atoms with Crippen LogP contribution in [0.2, 0.25) is 0 Å². The maximum absolute atomic E-state index is 12.0. The topological polar surface area (TPSA) is 43.1 Å². The van der Waals surface area contributed by atoms with Crippen LogP contribution < -0.4 is 5.73 Å². The molecule has 2 N–H and O–H groups in total. The highest BCUT2D eigenvalue weighted by molar-refractivity contribution is 7.10. The van der Waals surface area contributed by atoms with Crippen LogP contribution in [0.25, 0.3) is 0 Å². The number of amides is 1. The van der Waals surface area contributed by atoms with Crippen LogP contribution in [0, 0.1) is 0 Å². The third-order valence-electron chi connectivity index (χ3n) is 1.16. The molecular weight excluding hydrogens is 172 g/mol. The zero-order valence-corrected chi connectivity index (χ0v) is 6.20. The lowest BCUT2D eigenvalue weighted by atomic mass is 10.2. The van der Waals surface area contributed by atoms with Gasteiger partial charge in [0.05, 0.1) is 10.4 Å². The number of hydrogen-bond donors (Lipinski definition) is 1. The van der Waals surface area contributed by atoms with Gasteiger partial charge < -0.3 is 5.73 Å². The first-order valence-corrected chi connectivity index (χ1v) is 3.66. The summed E-state index contributed by atoms with van der Waals surface area (Å²) in [5.74, 6) is -0.804. The molecular formula is C6H5F2NOS. The summed E-state index contributed by atoms with van der Waals surface area (Å²) in [7, 11) is 0. The highest BCUT2D eigenvalue weighted by Crippen LogP contribution is 2.27. The Morgan fingerprint density at radius 3 is 2.64 bits per heavy atom. The molecule has 5 heteroatoms. The molecule has 1 heterocycles. The number of alkyl halides is 2. The molecule has 0 atom stereocenters. The summed E-state index contributed by atoms with van der Waals surface area (Å²) in [4.78, 5) is 10.2. The number of thiophene rings is 1. The number of rotatable bonds is 2. The lowest BCUT2D eigenvalue weighted by molar-refractivity contribution is 0.0989. The number of halogens is 2. The molecule has 0 saturated heterocycles. The SMILES string of the molecule is NC(=O)c1ccsc1C(F)F. The Labute approximate surface area is 65.6 Å². The molecule has 0 aromatic carbocycles. The second kappa shape index (κ2) is 2.96. The molecule has 60 valence electrons. The highest BCUT2D eigenvalue weighted by atomic mass is 32.1. The number of hydrogen-bond acceptors (Lipinski definition) is 2. The maximum atomic E-state index is 12.0. The predicted molar refractivity (Wildman–Crippen MR) is 37.8 cm³/mol. The maximum Gasteiger partial charge on any atom is 0.273 e. The van der Waals surface area contributed by atoms with Gasteiger partial charge in [0, 0.05) is 0 Å². The van der Waals surface area contributed by atoms with Gasteiger partial charge in [0.2, 0.25) is 5.91 Å². The van der Waals surface area contributed by atoms with Crippen molar-refractivity contribution in [2.24, 2.45) is 5.73 Å². The van der Waals surface area contributed by atoms with E-state index in [1.807, 2.05) is 0 Å². The number of nitrogens with two attached hydrogens (primary N) is 1. The summed E-state index contributed by atoms with van der Waals surface area (Å²) in [5, 5.41) is 1.42. The van der Waals surface area contributed by atoms with Gasteiger partial charge in [0.25, 0.3) is 6.43 Å². The predicted octanol–water partition coefficient (Wildman–Crippen LogP) is 1.78. The number of primary amides is 1. The molecule has 1 amide bonds. The minimum atomic E-state index is -2.61. The Hall–Kier alpha value is -0.970. The van der Waals surface area contributed by atoms with Gasteiger partial charge in [-0.3, -0.25) is 4.79 Å². The second-order valence-corrected chi connectivity index (χ2v) is 2.81. The van der Waals surface area contributed by atoms with E-state index in [0.717, 1.165) is 11.3 Å². The summed E-state index contributed by atoms with van der Waals surface area (Å²) in [6, 6.07) is 1.30. The van der Waals surface area contributed by atoms with Crippen molar-refractivity contribution < 1.29 is 13.6 Å². The first-order chi connectivity index (χ1) is 5.13. The van der Waals surface area contributed by atoms with Crippen LogP contribution in [0.5, 0.6) is 0 Å². The quantitative estimate of drug-likeness (QED) is 0.735. The average molecular weight is 177 g/mol. The van der Waals surface area contributed by atoms with E-state index in [9.17, 15) is 13.6 Å².